The van der Waals surface area contributed by atoms with Crippen molar-refractivity contribution in [2.24, 2.45) is 7.05 Å². The van der Waals surface area contributed by atoms with Crippen LogP contribution in [-0.2, 0) is 7.05 Å². The van der Waals surface area contributed by atoms with Gasteiger partial charge in [0, 0.05) is 25.0 Å². The number of unbranched alkanes of at least 4 members (excludes halogenated alkanes) is 1. The molecule has 4 heteroatoms. The summed E-state index contributed by atoms with van der Waals surface area (Å²) in [5.41, 5.74) is 2.07. The van der Waals surface area contributed by atoms with Crippen molar-refractivity contribution in [3.63, 3.8) is 0 Å². The Morgan fingerprint density at radius 1 is 1.41 bits per heavy atom. The molecule has 90 valence electrons. The molecule has 2 aromatic rings. The van der Waals surface area contributed by atoms with Crippen molar-refractivity contribution in [3.05, 3.63) is 30.6 Å². The first kappa shape index (κ1) is 12.2. The number of thioether (sulfide) groups is 1. The van der Waals surface area contributed by atoms with Gasteiger partial charge < -0.3 is 0 Å². The highest BCUT2D eigenvalue weighted by atomic mass is 32.2. The quantitative estimate of drug-likeness (QED) is 0.599. The monoisotopic (exact) mass is 247 g/mol. The zero-order valence-corrected chi connectivity index (χ0v) is 11.1. The van der Waals surface area contributed by atoms with E-state index >= 15 is 0 Å². The molecule has 0 amide bonds. The van der Waals surface area contributed by atoms with Gasteiger partial charge in [-0.25, -0.2) is 0 Å². The smallest absolute Gasteiger partial charge is 0.0950 e. The minimum absolute atomic E-state index is 1.000. The van der Waals surface area contributed by atoms with E-state index < -0.39 is 0 Å². The van der Waals surface area contributed by atoms with Gasteiger partial charge in [-0.3, -0.25) is 9.67 Å². The number of aryl methyl sites for hydroxylation is 1. The SMILES string of the molecule is CCCCSc1cc(-c2cccnc2)nn1C. The summed E-state index contributed by atoms with van der Waals surface area (Å²) >= 11 is 1.87. The van der Waals surface area contributed by atoms with E-state index in [9.17, 15) is 0 Å². The third-order valence-electron chi connectivity index (χ3n) is 2.54. The van der Waals surface area contributed by atoms with E-state index in [2.05, 4.69) is 23.1 Å². The predicted octanol–water partition coefficient (Wildman–Crippen LogP) is 3.37. The third kappa shape index (κ3) is 3.09. The fourth-order valence-electron chi connectivity index (χ4n) is 1.56. The summed E-state index contributed by atoms with van der Waals surface area (Å²) in [4.78, 5) is 4.12. The number of rotatable bonds is 5. The number of hydrogen-bond donors (Lipinski definition) is 0. The predicted molar refractivity (Wildman–Crippen MR) is 72.1 cm³/mol. The van der Waals surface area contributed by atoms with Crippen molar-refractivity contribution >= 4 is 11.8 Å². The Balaban J connectivity index is 2.13. The van der Waals surface area contributed by atoms with Gasteiger partial charge in [0.15, 0.2) is 0 Å². The fourth-order valence-corrected chi connectivity index (χ4v) is 2.63. The van der Waals surface area contributed by atoms with Gasteiger partial charge in [0.05, 0.1) is 10.7 Å². The lowest BCUT2D eigenvalue weighted by Crippen LogP contribution is -1.93. The van der Waals surface area contributed by atoms with Crippen molar-refractivity contribution in [2.45, 2.75) is 24.8 Å². The summed E-state index contributed by atoms with van der Waals surface area (Å²) < 4.78 is 1.95. The van der Waals surface area contributed by atoms with Gasteiger partial charge in [0.2, 0.25) is 0 Å². The lowest BCUT2D eigenvalue weighted by molar-refractivity contribution is 0.700. The average Bonchev–Trinajstić information content (AvgIpc) is 2.73. The number of aromatic nitrogens is 3. The largest absolute Gasteiger partial charge is 0.264 e. The van der Waals surface area contributed by atoms with Crippen LogP contribution in [0, 0.1) is 0 Å². The molecule has 0 unspecified atom stereocenters. The Morgan fingerprint density at radius 2 is 2.29 bits per heavy atom. The van der Waals surface area contributed by atoms with E-state index in [1.807, 2.05) is 41.8 Å². The molecule has 2 heterocycles. The Bertz CT molecular complexity index is 465. The highest BCUT2D eigenvalue weighted by molar-refractivity contribution is 7.99. The van der Waals surface area contributed by atoms with Gasteiger partial charge in [0.1, 0.15) is 0 Å². The lowest BCUT2D eigenvalue weighted by atomic mass is 10.2. The van der Waals surface area contributed by atoms with Crippen LogP contribution in [0.1, 0.15) is 19.8 Å². The van der Waals surface area contributed by atoms with Gasteiger partial charge in [-0.05, 0) is 30.4 Å². The van der Waals surface area contributed by atoms with Crippen LogP contribution in [0.25, 0.3) is 11.3 Å². The van der Waals surface area contributed by atoms with E-state index in [4.69, 9.17) is 0 Å². The van der Waals surface area contributed by atoms with Crippen LogP contribution in [0.4, 0.5) is 0 Å². The normalized spacial score (nSPS) is 10.7. The average molecular weight is 247 g/mol. The maximum absolute atomic E-state index is 4.52. The minimum atomic E-state index is 1.000. The summed E-state index contributed by atoms with van der Waals surface area (Å²) in [6.07, 6.45) is 6.12. The molecule has 0 fully saturated rings. The second kappa shape index (κ2) is 5.87. The summed E-state index contributed by atoms with van der Waals surface area (Å²) in [5, 5.41) is 5.74. The first-order chi connectivity index (χ1) is 8.31. The maximum atomic E-state index is 4.52. The molecule has 0 saturated heterocycles. The van der Waals surface area contributed by atoms with Crippen LogP contribution >= 0.6 is 11.8 Å². The molecule has 0 aliphatic heterocycles. The molecule has 0 bridgehead atoms. The van der Waals surface area contributed by atoms with Crippen molar-refractivity contribution < 1.29 is 0 Å². The molecule has 0 aliphatic carbocycles. The first-order valence-electron chi connectivity index (χ1n) is 5.88. The van der Waals surface area contributed by atoms with Crippen LogP contribution < -0.4 is 0 Å². The first-order valence-corrected chi connectivity index (χ1v) is 6.87. The van der Waals surface area contributed by atoms with Gasteiger partial charge in [0.25, 0.3) is 0 Å². The van der Waals surface area contributed by atoms with Crippen LogP contribution in [0.15, 0.2) is 35.6 Å². The molecule has 0 N–H and O–H groups in total. The van der Waals surface area contributed by atoms with Gasteiger partial charge in [-0.15, -0.1) is 11.8 Å². The van der Waals surface area contributed by atoms with Gasteiger partial charge in [-0.1, -0.05) is 13.3 Å². The van der Waals surface area contributed by atoms with E-state index in [0.717, 1.165) is 17.0 Å². The van der Waals surface area contributed by atoms with Gasteiger partial charge >= 0.3 is 0 Å². The zero-order chi connectivity index (χ0) is 12.1. The number of nitrogens with zero attached hydrogens (tertiary/aromatic N) is 3. The summed E-state index contributed by atoms with van der Waals surface area (Å²) in [5.74, 6) is 1.16. The Labute approximate surface area is 106 Å². The van der Waals surface area contributed by atoms with E-state index in [-0.39, 0.29) is 0 Å². The second-order valence-corrected chi connectivity index (χ2v) is 5.05. The minimum Gasteiger partial charge on any atom is -0.264 e. The molecule has 0 atom stereocenters. The zero-order valence-electron chi connectivity index (χ0n) is 10.3. The van der Waals surface area contributed by atoms with Gasteiger partial charge in [-0.2, -0.15) is 5.10 Å². The fraction of sp³-hybridized carbons (Fsp3) is 0.385. The lowest BCUT2D eigenvalue weighted by Gasteiger charge is -1.99. The van der Waals surface area contributed by atoms with E-state index in [1.54, 1.807) is 6.20 Å². The summed E-state index contributed by atoms with van der Waals surface area (Å²) in [7, 11) is 1.99. The molecule has 2 rings (SSSR count). The summed E-state index contributed by atoms with van der Waals surface area (Å²) in [6, 6.07) is 6.11. The van der Waals surface area contributed by atoms with Crippen LogP contribution in [0.5, 0.6) is 0 Å². The van der Waals surface area contributed by atoms with Crippen molar-refractivity contribution in [1.82, 2.24) is 14.8 Å². The number of hydrogen-bond acceptors (Lipinski definition) is 3. The molecule has 3 nitrogen and oxygen atoms in total. The standard InChI is InChI=1S/C13H17N3S/c1-3-4-8-17-13-9-12(15-16(13)2)11-6-5-7-14-10-11/h5-7,9-10H,3-4,8H2,1-2H3. The molecule has 17 heavy (non-hydrogen) atoms. The van der Waals surface area contributed by atoms with Crippen LogP contribution in [0.2, 0.25) is 0 Å². The molecule has 0 aliphatic rings. The van der Waals surface area contributed by atoms with E-state index in [1.165, 1.54) is 17.9 Å². The Kier molecular flexibility index (Phi) is 4.20. The molecular weight excluding hydrogens is 230 g/mol. The highest BCUT2D eigenvalue weighted by Crippen LogP contribution is 2.24. The van der Waals surface area contributed by atoms with Crippen molar-refractivity contribution in [3.8, 4) is 11.3 Å². The van der Waals surface area contributed by atoms with Crippen LogP contribution in [0.3, 0.4) is 0 Å². The maximum Gasteiger partial charge on any atom is 0.0950 e. The number of pyridine rings is 1. The third-order valence-corrected chi connectivity index (χ3v) is 3.71. The van der Waals surface area contributed by atoms with Crippen molar-refractivity contribution in [1.29, 1.82) is 0 Å². The Hall–Kier alpha value is -1.29. The van der Waals surface area contributed by atoms with Crippen LogP contribution in [-0.4, -0.2) is 20.5 Å². The molecule has 0 aromatic carbocycles. The highest BCUT2D eigenvalue weighted by Gasteiger charge is 2.07. The second-order valence-electron chi connectivity index (χ2n) is 3.94. The van der Waals surface area contributed by atoms with Crippen molar-refractivity contribution in [2.75, 3.05) is 5.75 Å². The Morgan fingerprint density at radius 3 is 3.00 bits per heavy atom. The molecule has 0 saturated carbocycles. The molecule has 2 aromatic heterocycles. The molecular formula is C13H17N3S. The molecule has 0 radical (unpaired) electrons. The van der Waals surface area contributed by atoms with E-state index in [0.29, 0.717) is 0 Å². The summed E-state index contributed by atoms with van der Waals surface area (Å²) in [6.45, 7) is 2.21. The molecule has 0 spiro atoms. The topological polar surface area (TPSA) is 30.7 Å².